The second-order valence-electron chi connectivity index (χ2n) is 6.51. The lowest BCUT2D eigenvalue weighted by molar-refractivity contribution is 0.261. The van der Waals surface area contributed by atoms with E-state index in [-0.39, 0.29) is 0 Å². The summed E-state index contributed by atoms with van der Waals surface area (Å²) in [6.07, 6.45) is 2.65. The van der Waals surface area contributed by atoms with Gasteiger partial charge in [0.1, 0.15) is 12.4 Å². The Morgan fingerprint density at radius 3 is 2.96 bits per heavy atom. The third-order valence-electron chi connectivity index (χ3n) is 3.99. The molecule has 25 heavy (non-hydrogen) atoms. The molecule has 2 N–H and O–H groups in total. The van der Waals surface area contributed by atoms with E-state index in [9.17, 15) is 0 Å². The zero-order valence-electron chi connectivity index (χ0n) is 15.8. The van der Waals surface area contributed by atoms with E-state index in [1.165, 1.54) is 18.6 Å². The zero-order chi connectivity index (χ0) is 17.9. The molecular weight excluding hydrogens is 332 g/mol. The van der Waals surface area contributed by atoms with Gasteiger partial charge in [0.25, 0.3) is 0 Å². The molecule has 5 nitrogen and oxygen atoms in total. The molecule has 140 valence electrons. The van der Waals surface area contributed by atoms with E-state index in [0.717, 1.165) is 42.2 Å². The SMILES string of the molecule is CCNC(=NCc1cccc(OCCN(C)C)c1)NCC1CCCS1. The van der Waals surface area contributed by atoms with E-state index in [4.69, 9.17) is 9.73 Å². The average Bonchev–Trinajstić information content (AvgIpc) is 3.11. The maximum absolute atomic E-state index is 5.80. The number of likely N-dealkylation sites (N-methyl/N-ethyl adjacent to an activating group) is 1. The van der Waals surface area contributed by atoms with E-state index < -0.39 is 0 Å². The van der Waals surface area contributed by atoms with Crippen LogP contribution in [0.1, 0.15) is 25.3 Å². The first-order valence-corrected chi connectivity index (χ1v) is 10.2. The maximum Gasteiger partial charge on any atom is 0.191 e. The van der Waals surface area contributed by atoms with Crippen molar-refractivity contribution in [1.29, 1.82) is 0 Å². The highest BCUT2D eigenvalue weighted by Crippen LogP contribution is 2.25. The van der Waals surface area contributed by atoms with Crippen molar-refractivity contribution in [2.45, 2.75) is 31.6 Å². The summed E-state index contributed by atoms with van der Waals surface area (Å²) in [5.74, 6) is 3.10. The maximum atomic E-state index is 5.80. The average molecular weight is 365 g/mol. The predicted octanol–water partition coefficient (Wildman–Crippen LogP) is 2.58. The van der Waals surface area contributed by atoms with Crippen LogP contribution in [0.2, 0.25) is 0 Å². The van der Waals surface area contributed by atoms with Crippen LogP contribution in [0.15, 0.2) is 29.3 Å². The Bertz CT molecular complexity index is 530. The van der Waals surface area contributed by atoms with Crippen molar-refractivity contribution >= 4 is 17.7 Å². The number of nitrogens with zero attached hydrogens (tertiary/aromatic N) is 2. The quantitative estimate of drug-likeness (QED) is 0.521. The lowest BCUT2D eigenvalue weighted by Crippen LogP contribution is -2.40. The van der Waals surface area contributed by atoms with Crippen LogP contribution in [0, 0.1) is 0 Å². The first kappa shape index (κ1) is 19.9. The summed E-state index contributed by atoms with van der Waals surface area (Å²) >= 11 is 2.06. The number of nitrogens with one attached hydrogen (secondary N) is 2. The van der Waals surface area contributed by atoms with E-state index in [0.29, 0.717) is 13.2 Å². The van der Waals surface area contributed by atoms with Gasteiger partial charge < -0.3 is 20.3 Å². The topological polar surface area (TPSA) is 48.9 Å². The van der Waals surface area contributed by atoms with Gasteiger partial charge >= 0.3 is 0 Å². The molecule has 1 aromatic rings. The number of aliphatic imine (C=N–C) groups is 1. The molecule has 1 aliphatic rings. The smallest absolute Gasteiger partial charge is 0.191 e. The summed E-state index contributed by atoms with van der Waals surface area (Å²) in [6.45, 7) is 6.22. The second kappa shape index (κ2) is 11.3. The van der Waals surface area contributed by atoms with Crippen LogP contribution in [0.4, 0.5) is 0 Å². The van der Waals surface area contributed by atoms with E-state index in [2.05, 4.69) is 46.4 Å². The monoisotopic (exact) mass is 364 g/mol. The molecule has 0 saturated carbocycles. The highest BCUT2D eigenvalue weighted by atomic mass is 32.2. The van der Waals surface area contributed by atoms with Crippen molar-refractivity contribution < 1.29 is 4.74 Å². The molecular formula is C19H32N4OS. The number of benzene rings is 1. The summed E-state index contributed by atoms with van der Waals surface area (Å²) in [6, 6.07) is 8.21. The third kappa shape index (κ3) is 8.01. The van der Waals surface area contributed by atoms with Gasteiger partial charge in [-0.05, 0) is 57.3 Å². The Hall–Kier alpha value is -1.40. The van der Waals surface area contributed by atoms with Crippen molar-refractivity contribution in [3.8, 4) is 5.75 Å². The highest BCUT2D eigenvalue weighted by molar-refractivity contribution is 8.00. The summed E-state index contributed by atoms with van der Waals surface area (Å²) < 4.78 is 5.80. The minimum Gasteiger partial charge on any atom is -0.492 e. The number of hydrogen-bond donors (Lipinski definition) is 2. The molecule has 1 atom stereocenters. The van der Waals surface area contributed by atoms with Crippen molar-refractivity contribution in [3.05, 3.63) is 29.8 Å². The van der Waals surface area contributed by atoms with Gasteiger partial charge in [0, 0.05) is 24.9 Å². The number of hydrogen-bond acceptors (Lipinski definition) is 4. The minimum absolute atomic E-state index is 0.651. The molecule has 6 heteroatoms. The molecule has 1 heterocycles. The number of guanidine groups is 1. The number of rotatable bonds is 9. The first-order valence-electron chi connectivity index (χ1n) is 9.17. The van der Waals surface area contributed by atoms with Crippen LogP contribution >= 0.6 is 11.8 Å². The number of thioether (sulfide) groups is 1. The van der Waals surface area contributed by atoms with Gasteiger partial charge in [-0.3, -0.25) is 0 Å². The summed E-state index contributed by atoms with van der Waals surface area (Å²) in [4.78, 5) is 6.83. The Morgan fingerprint density at radius 2 is 2.24 bits per heavy atom. The Morgan fingerprint density at radius 1 is 1.36 bits per heavy atom. The fourth-order valence-corrected chi connectivity index (χ4v) is 3.81. The first-order chi connectivity index (χ1) is 12.2. The van der Waals surface area contributed by atoms with Crippen molar-refractivity contribution in [1.82, 2.24) is 15.5 Å². The van der Waals surface area contributed by atoms with E-state index in [1.807, 2.05) is 26.2 Å². The van der Waals surface area contributed by atoms with Crippen LogP contribution in [-0.4, -0.2) is 62.2 Å². The molecule has 0 amide bonds. The van der Waals surface area contributed by atoms with Gasteiger partial charge in [-0.15, -0.1) is 0 Å². The van der Waals surface area contributed by atoms with Crippen LogP contribution in [0.3, 0.4) is 0 Å². The van der Waals surface area contributed by atoms with Crippen molar-refractivity contribution in [3.63, 3.8) is 0 Å². The molecule has 2 rings (SSSR count). The lowest BCUT2D eigenvalue weighted by Gasteiger charge is -2.14. The predicted molar refractivity (Wildman–Crippen MR) is 109 cm³/mol. The van der Waals surface area contributed by atoms with Crippen LogP contribution < -0.4 is 15.4 Å². The van der Waals surface area contributed by atoms with Gasteiger partial charge in [0.05, 0.1) is 6.54 Å². The van der Waals surface area contributed by atoms with Gasteiger partial charge in [0.2, 0.25) is 0 Å². The minimum atomic E-state index is 0.651. The second-order valence-corrected chi connectivity index (χ2v) is 7.92. The van der Waals surface area contributed by atoms with Gasteiger partial charge in [-0.2, -0.15) is 11.8 Å². The lowest BCUT2D eigenvalue weighted by atomic mass is 10.2. The van der Waals surface area contributed by atoms with Crippen LogP contribution in [0.25, 0.3) is 0 Å². The Kier molecular flexibility index (Phi) is 8.97. The van der Waals surface area contributed by atoms with Crippen LogP contribution in [0.5, 0.6) is 5.75 Å². The fourth-order valence-electron chi connectivity index (χ4n) is 2.61. The zero-order valence-corrected chi connectivity index (χ0v) is 16.6. The largest absolute Gasteiger partial charge is 0.492 e. The molecule has 0 spiro atoms. The van der Waals surface area contributed by atoms with Crippen LogP contribution in [-0.2, 0) is 6.54 Å². The van der Waals surface area contributed by atoms with E-state index >= 15 is 0 Å². The van der Waals surface area contributed by atoms with Crippen molar-refractivity contribution in [2.24, 2.45) is 4.99 Å². The summed E-state index contributed by atoms with van der Waals surface area (Å²) in [5.41, 5.74) is 1.16. The molecule has 1 saturated heterocycles. The molecule has 0 aromatic heterocycles. The molecule has 0 radical (unpaired) electrons. The fraction of sp³-hybridized carbons (Fsp3) is 0.632. The molecule has 1 unspecified atom stereocenters. The normalized spacial score (nSPS) is 17.8. The molecule has 0 aliphatic carbocycles. The van der Waals surface area contributed by atoms with Crippen molar-refractivity contribution in [2.75, 3.05) is 46.1 Å². The molecule has 1 aliphatic heterocycles. The Labute approximate surface area is 156 Å². The number of ether oxygens (including phenoxy) is 1. The molecule has 1 aromatic carbocycles. The summed E-state index contributed by atoms with van der Waals surface area (Å²) in [7, 11) is 4.10. The van der Waals surface area contributed by atoms with Gasteiger partial charge in [-0.25, -0.2) is 4.99 Å². The molecule has 1 fully saturated rings. The summed E-state index contributed by atoms with van der Waals surface area (Å²) in [5, 5.41) is 7.53. The highest BCUT2D eigenvalue weighted by Gasteiger charge is 2.15. The van der Waals surface area contributed by atoms with E-state index in [1.54, 1.807) is 0 Å². The van der Waals surface area contributed by atoms with Gasteiger partial charge in [-0.1, -0.05) is 12.1 Å². The molecule has 0 bridgehead atoms. The van der Waals surface area contributed by atoms with Gasteiger partial charge in [0.15, 0.2) is 5.96 Å². The third-order valence-corrected chi connectivity index (χ3v) is 5.39. The standard InChI is InChI=1S/C19H32N4OS/c1-4-20-19(22-15-18-9-6-12-25-18)21-14-16-7-5-8-17(13-16)24-11-10-23(2)3/h5,7-8,13,18H,4,6,9-12,14-15H2,1-3H3,(H2,20,21,22). The Balaban J connectivity index is 1.85.